The average Bonchev–Trinajstić information content (AvgIpc) is 3.07. The van der Waals surface area contributed by atoms with Crippen LogP contribution in [0, 0.1) is 0 Å². The third kappa shape index (κ3) is 9.47. The second kappa shape index (κ2) is 17.1. The SMILES string of the molecule is CCCCOc1ccc(C(=O)COc2ccc(/C(=C(\CC)c3ccccc3)c3ccc(OCCN(C)C)cc3)cc2)cc1OC. The molecule has 0 N–H and O–H groups in total. The number of likely N-dealkylation sites (N-methyl/N-ethyl adjacent to an activating group) is 1. The Hall–Kier alpha value is -4.55. The van der Waals surface area contributed by atoms with Gasteiger partial charge in [0.2, 0.25) is 0 Å². The summed E-state index contributed by atoms with van der Waals surface area (Å²) in [6.45, 7) is 6.31. The number of benzene rings is 4. The van der Waals surface area contributed by atoms with Crippen LogP contribution in [0.4, 0.5) is 0 Å². The van der Waals surface area contributed by atoms with Crippen molar-refractivity contribution in [2.75, 3.05) is 47.6 Å². The van der Waals surface area contributed by atoms with Crippen molar-refractivity contribution in [2.24, 2.45) is 0 Å². The molecule has 4 rings (SSSR count). The molecule has 0 unspecified atom stereocenters. The van der Waals surface area contributed by atoms with E-state index in [1.165, 1.54) is 11.1 Å². The Bertz CT molecular complexity index is 1530. The molecule has 0 aliphatic rings. The van der Waals surface area contributed by atoms with E-state index in [2.05, 4.69) is 67.3 Å². The van der Waals surface area contributed by atoms with Crippen LogP contribution in [-0.4, -0.2) is 58.3 Å². The van der Waals surface area contributed by atoms with Gasteiger partial charge in [-0.15, -0.1) is 0 Å². The van der Waals surface area contributed by atoms with E-state index in [4.69, 9.17) is 18.9 Å². The molecule has 0 heterocycles. The first-order valence-corrected chi connectivity index (χ1v) is 15.7. The number of rotatable bonds is 17. The molecule has 45 heavy (non-hydrogen) atoms. The minimum Gasteiger partial charge on any atom is -0.493 e. The second-order valence-corrected chi connectivity index (χ2v) is 11.1. The van der Waals surface area contributed by atoms with Crippen LogP contribution in [0.25, 0.3) is 11.1 Å². The van der Waals surface area contributed by atoms with Gasteiger partial charge in [-0.05, 0) is 97.2 Å². The van der Waals surface area contributed by atoms with Crippen LogP contribution >= 0.6 is 0 Å². The van der Waals surface area contributed by atoms with Gasteiger partial charge in [0.15, 0.2) is 23.9 Å². The Labute approximate surface area is 268 Å². The Morgan fingerprint density at radius 2 is 1.29 bits per heavy atom. The molecule has 236 valence electrons. The quantitative estimate of drug-likeness (QED) is 0.0682. The summed E-state index contributed by atoms with van der Waals surface area (Å²) >= 11 is 0. The lowest BCUT2D eigenvalue weighted by Gasteiger charge is -2.17. The molecule has 0 aliphatic carbocycles. The maximum Gasteiger partial charge on any atom is 0.200 e. The number of methoxy groups -OCH3 is 1. The number of carbonyl (C=O) groups excluding carboxylic acids is 1. The zero-order valence-electron chi connectivity index (χ0n) is 27.2. The number of Topliss-reactive ketones (excluding diaryl/α,β-unsaturated/α-hetero) is 1. The largest absolute Gasteiger partial charge is 0.493 e. The highest BCUT2D eigenvalue weighted by atomic mass is 16.5. The van der Waals surface area contributed by atoms with Crippen molar-refractivity contribution in [1.29, 1.82) is 0 Å². The number of ether oxygens (including phenoxy) is 4. The van der Waals surface area contributed by atoms with Gasteiger partial charge in [-0.2, -0.15) is 0 Å². The number of allylic oxidation sites excluding steroid dienone is 1. The van der Waals surface area contributed by atoms with Gasteiger partial charge in [0.05, 0.1) is 13.7 Å². The predicted octanol–water partition coefficient (Wildman–Crippen LogP) is 8.45. The van der Waals surface area contributed by atoms with Gasteiger partial charge in [-0.1, -0.05) is 74.9 Å². The lowest BCUT2D eigenvalue weighted by atomic mass is 9.88. The summed E-state index contributed by atoms with van der Waals surface area (Å²) < 4.78 is 23.1. The average molecular weight is 608 g/mol. The molecule has 0 saturated heterocycles. The zero-order valence-corrected chi connectivity index (χ0v) is 27.2. The predicted molar refractivity (Wildman–Crippen MR) is 183 cm³/mol. The first kappa shape index (κ1) is 33.3. The van der Waals surface area contributed by atoms with Crippen LogP contribution in [-0.2, 0) is 0 Å². The van der Waals surface area contributed by atoms with Crippen LogP contribution in [0.1, 0.15) is 60.2 Å². The summed E-state index contributed by atoms with van der Waals surface area (Å²) in [5, 5.41) is 0. The molecule has 0 amide bonds. The molecule has 6 heteroatoms. The van der Waals surface area contributed by atoms with E-state index in [1.807, 2.05) is 44.4 Å². The van der Waals surface area contributed by atoms with E-state index < -0.39 is 0 Å². The van der Waals surface area contributed by atoms with Gasteiger partial charge in [-0.3, -0.25) is 4.79 Å². The van der Waals surface area contributed by atoms with Crippen molar-refractivity contribution in [3.63, 3.8) is 0 Å². The Morgan fingerprint density at radius 1 is 0.667 bits per heavy atom. The lowest BCUT2D eigenvalue weighted by molar-refractivity contribution is 0.0921. The summed E-state index contributed by atoms with van der Waals surface area (Å²) in [4.78, 5) is 15.1. The first-order chi connectivity index (χ1) is 21.9. The molecule has 0 spiro atoms. The fraction of sp³-hybridized carbons (Fsp3) is 0.308. The number of nitrogens with zero attached hydrogens (tertiary/aromatic N) is 1. The molecule has 0 fully saturated rings. The normalized spacial score (nSPS) is 11.6. The van der Waals surface area contributed by atoms with Crippen LogP contribution in [0.3, 0.4) is 0 Å². The molecule has 0 saturated carbocycles. The molecular weight excluding hydrogens is 562 g/mol. The Kier molecular flexibility index (Phi) is 12.7. The van der Waals surface area contributed by atoms with Gasteiger partial charge in [0, 0.05) is 12.1 Å². The van der Waals surface area contributed by atoms with E-state index in [-0.39, 0.29) is 12.4 Å². The van der Waals surface area contributed by atoms with Crippen molar-refractivity contribution >= 4 is 16.9 Å². The summed E-state index contributed by atoms with van der Waals surface area (Å²) in [6.07, 6.45) is 2.86. The third-order valence-corrected chi connectivity index (χ3v) is 7.48. The molecule has 4 aromatic rings. The Morgan fingerprint density at radius 3 is 1.87 bits per heavy atom. The minimum absolute atomic E-state index is 0.0826. The highest BCUT2D eigenvalue weighted by Crippen LogP contribution is 2.36. The van der Waals surface area contributed by atoms with E-state index >= 15 is 0 Å². The van der Waals surface area contributed by atoms with Gasteiger partial charge >= 0.3 is 0 Å². The summed E-state index contributed by atoms with van der Waals surface area (Å²) in [6, 6.07) is 32.0. The smallest absolute Gasteiger partial charge is 0.200 e. The van der Waals surface area contributed by atoms with Crippen molar-refractivity contribution in [2.45, 2.75) is 33.1 Å². The molecular formula is C39H45NO5. The van der Waals surface area contributed by atoms with E-state index in [0.29, 0.717) is 36.0 Å². The molecule has 4 aromatic carbocycles. The summed E-state index contributed by atoms with van der Waals surface area (Å²) in [5.74, 6) is 2.52. The van der Waals surface area contributed by atoms with E-state index in [0.717, 1.165) is 48.3 Å². The topological polar surface area (TPSA) is 57.2 Å². The maximum absolute atomic E-state index is 13.0. The van der Waals surface area contributed by atoms with Gasteiger partial charge in [-0.25, -0.2) is 0 Å². The number of hydrogen-bond donors (Lipinski definition) is 0. The second-order valence-electron chi connectivity index (χ2n) is 11.1. The highest BCUT2D eigenvalue weighted by Gasteiger charge is 2.15. The summed E-state index contributed by atoms with van der Waals surface area (Å²) in [7, 11) is 5.65. The van der Waals surface area contributed by atoms with Gasteiger partial charge in [0.25, 0.3) is 0 Å². The highest BCUT2D eigenvalue weighted by molar-refractivity contribution is 5.99. The number of carbonyl (C=O) groups is 1. The van der Waals surface area contributed by atoms with Crippen LogP contribution in [0.5, 0.6) is 23.0 Å². The van der Waals surface area contributed by atoms with E-state index in [1.54, 1.807) is 25.3 Å². The fourth-order valence-electron chi connectivity index (χ4n) is 4.98. The molecule has 0 bridgehead atoms. The third-order valence-electron chi connectivity index (χ3n) is 7.48. The molecule has 6 nitrogen and oxygen atoms in total. The number of hydrogen-bond acceptors (Lipinski definition) is 6. The molecule has 0 radical (unpaired) electrons. The van der Waals surface area contributed by atoms with Crippen molar-refractivity contribution in [3.8, 4) is 23.0 Å². The zero-order chi connectivity index (χ0) is 32.0. The van der Waals surface area contributed by atoms with E-state index in [9.17, 15) is 4.79 Å². The van der Waals surface area contributed by atoms with Gasteiger partial charge in [0.1, 0.15) is 18.1 Å². The number of ketones is 1. The maximum atomic E-state index is 13.0. The standard InChI is InChI=1S/C39H45NO5/c1-6-8-25-44-37-23-18-32(27-38(37)42-5)36(41)28-45-34-21-16-31(17-22-34)39(35(7-2)29-12-10-9-11-13-29)30-14-19-33(20-15-30)43-26-24-40(3)4/h9-23,27H,6-8,24-26,28H2,1-5H3/b39-35+. The van der Waals surface area contributed by atoms with Gasteiger partial charge < -0.3 is 23.8 Å². The molecule has 0 atom stereocenters. The minimum atomic E-state index is -0.136. The molecule has 0 aromatic heterocycles. The fourth-order valence-corrected chi connectivity index (χ4v) is 4.98. The molecule has 0 aliphatic heterocycles. The monoisotopic (exact) mass is 607 g/mol. The van der Waals surface area contributed by atoms with Crippen molar-refractivity contribution in [1.82, 2.24) is 4.90 Å². The lowest BCUT2D eigenvalue weighted by Crippen LogP contribution is -2.19. The first-order valence-electron chi connectivity index (χ1n) is 15.7. The van der Waals surface area contributed by atoms with Crippen LogP contribution in [0.15, 0.2) is 97.1 Å². The van der Waals surface area contributed by atoms with Crippen molar-refractivity contribution in [3.05, 3.63) is 119 Å². The van der Waals surface area contributed by atoms with Crippen LogP contribution < -0.4 is 18.9 Å². The van der Waals surface area contributed by atoms with Crippen molar-refractivity contribution < 1.29 is 23.7 Å². The van der Waals surface area contributed by atoms with Crippen LogP contribution in [0.2, 0.25) is 0 Å². The number of unbranched alkanes of at least 4 members (excludes halogenated alkanes) is 1. The Balaban J connectivity index is 1.53. The summed E-state index contributed by atoms with van der Waals surface area (Å²) in [5.41, 5.74) is 6.27.